The average molecular weight is 165 g/mol. The molecule has 3 rings (SSSR count). The minimum atomic E-state index is 0.307. The Kier molecular flexibility index (Phi) is 1.39. The van der Waals surface area contributed by atoms with E-state index >= 15 is 0 Å². The van der Waals surface area contributed by atoms with Crippen molar-refractivity contribution in [2.75, 3.05) is 0 Å². The molecular weight excluding hydrogens is 146 g/mol. The minimum Gasteiger partial charge on any atom is -0.325 e. The van der Waals surface area contributed by atoms with Gasteiger partial charge < -0.3 is 5.73 Å². The highest BCUT2D eigenvalue weighted by Gasteiger charge is 2.53. The highest BCUT2D eigenvalue weighted by Crippen LogP contribution is 2.56. The van der Waals surface area contributed by atoms with Crippen LogP contribution in [0, 0.1) is 17.8 Å². The molecule has 0 saturated heterocycles. The fourth-order valence-electron chi connectivity index (χ4n) is 3.86. The molecule has 0 aromatic rings. The average Bonchev–Trinajstić information content (AvgIpc) is 2.39. The van der Waals surface area contributed by atoms with Gasteiger partial charge in [-0.05, 0) is 49.9 Å². The van der Waals surface area contributed by atoms with Gasteiger partial charge in [-0.2, -0.15) is 0 Å². The normalized spacial score (nSPS) is 52.8. The third-order valence-corrected chi connectivity index (χ3v) is 4.81. The summed E-state index contributed by atoms with van der Waals surface area (Å²) < 4.78 is 0. The van der Waals surface area contributed by atoms with Crippen molar-refractivity contribution in [1.82, 2.24) is 0 Å². The molecule has 3 atom stereocenters. The smallest absolute Gasteiger partial charge is 0.0214 e. The van der Waals surface area contributed by atoms with Crippen LogP contribution in [0.4, 0.5) is 0 Å². The predicted octanol–water partition coefficient (Wildman–Crippen LogP) is 2.30. The molecule has 3 aliphatic carbocycles. The standard InChI is InChI=1S/C11H19N/c12-11(9-2-1-3-9)7-8-4-5-10(11)6-8/h8-10H,1-7,12H2. The molecular formula is C11H19N. The van der Waals surface area contributed by atoms with E-state index in [2.05, 4.69) is 0 Å². The lowest BCUT2D eigenvalue weighted by Crippen LogP contribution is -2.53. The zero-order chi connectivity index (χ0) is 8.18. The van der Waals surface area contributed by atoms with Crippen molar-refractivity contribution < 1.29 is 0 Å². The second-order valence-corrected chi connectivity index (χ2v) is 5.32. The Morgan fingerprint density at radius 3 is 2.25 bits per heavy atom. The lowest BCUT2D eigenvalue weighted by Gasteiger charge is -2.45. The van der Waals surface area contributed by atoms with Crippen molar-refractivity contribution in [2.45, 2.75) is 50.5 Å². The first-order valence-electron chi connectivity index (χ1n) is 5.58. The maximum Gasteiger partial charge on any atom is 0.0214 e. The van der Waals surface area contributed by atoms with Crippen molar-refractivity contribution in [1.29, 1.82) is 0 Å². The predicted molar refractivity (Wildman–Crippen MR) is 49.7 cm³/mol. The molecule has 0 radical (unpaired) electrons. The minimum absolute atomic E-state index is 0.307. The van der Waals surface area contributed by atoms with Crippen molar-refractivity contribution in [2.24, 2.45) is 23.5 Å². The molecule has 0 aromatic heterocycles. The lowest BCUT2D eigenvalue weighted by molar-refractivity contribution is 0.108. The summed E-state index contributed by atoms with van der Waals surface area (Å²) in [6.45, 7) is 0. The van der Waals surface area contributed by atoms with E-state index in [4.69, 9.17) is 5.73 Å². The molecule has 3 saturated carbocycles. The summed E-state index contributed by atoms with van der Waals surface area (Å²) in [5, 5.41) is 0. The van der Waals surface area contributed by atoms with Crippen molar-refractivity contribution in [3.05, 3.63) is 0 Å². The quantitative estimate of drug-likeness (QED) is 0.634. The van der Waals surface area contributed by atoms with Gasteiger partial charge in [0.05, 0.1) is 0 Å². The third kappa shape index (κ3) is 0.783. The fraction of sp³-hybridized carbons (Fsp3) is 1.00. The van der Waals surface area contributed by atoms with E-state index in [0.29, 0.717) is 5.54 Å². The van der Waals surface area contributed by atoms with Crippen molar-refractivity contribution in [3.63, 3.8) is 0 Å². The second kappa shape index (κ2) is 2.25. The van der Waals surface area contributed by atoms with E-state index in [1.165, 1.54) is 44.9 Å². The molecule has 68 valence electrons. The molecule has 12 heavy (non-hydrogen) atoms. The summed E-state index contributed by atoms with van der Waals surface area (Å²) in [6, 6.07) is 0. The van der Waals surface area contributed by atoms with Gasteiger partial charge >= 0.3 is 0 Å². The van der Waals surface area contributed by atoms with E-state index in [-0.39, 0.29) is 0 Å². The molecule has 3 aliphatic rings. The first-order valence-corrected chi connectivity index (χ1v) is 5.58. The van der Waals surface area contributed by atoms with Crippen molar-refractivity contribution in [3.8, 4) is 0 Å². The molecule has 1 heteroatoms. The Morgan fingerprint density at radius 1 is 1.00 bits per heavy atom. The summed E-state index contributed by atoms with van der Waals surface area (Å²) in [4.78, 5) is 0. The van der Waals surface area contributed by atoms with Gasteiger partial charge in [0.25, 0.3) is 0 Å². The summed E-state index contributed by atoms with van der Waals surface area (Å²) in [6.07, 6.45) is 10.1. The van der Waals surface area contributed by atoms with Crippen LogP contribution in [0.3, 0.4) is 0 Å². The van der Waals surface area contributed by atoms with Crippen LogP contribution in [0.2, 0.25) is 0 Å². The highest BCUT2D eigenvalue weighted by molar-refractivity contribution is 5.09. The van der Waals surface area contributed by atoms with Crippen LogP contribution in [-0.4, -0.2) is 5.54 Å². The van der Waals surface area contributed by atoms with E-state index in [0.717, 1.165) is 17.8 Å². The van der Waals surface area contributed by atoms with Crippen LogP contribution < -0.4 is 5.73 Å². The van der Waals surface area contributed by atoms with E-state index < -0.39 is 0 Å². The fourth-order valence-corrected chi connectivity index (χ4v) is 3.86. The number of rotatable bonds is 1. The summed E-state index contributed by atoms with van der Waals surface area (Å²) in [7, 11) is 0. The Labute approximate surface area is 74.7 Å². The largest absolute Gasteiger partial charge is 0.325 e. The zero-order valence-corrected chi connectivity index (χ0v) is 7.76. The van der Waals surface area contributed by atoms with E-state index in [1.54, 1.807) is 0 Å². The first kappa shape index (κ1) is 7.37. The van der Waals surface area contributed by atoms with E-state index in [9.17, 15) is 0 Å². The maximum absolute atomic E-state index is 6.55. The van der Waals surface area contributed by atoms with Crippen LogP contribution >= 0.6 is 0 Å². The van der Waals surface area contributed by atoms with Gasteiger partial charge in [0.1, 0.15) is 0 Å². The Bertz CT molecular complexity index is 197. The molecule has 0 aliphatic heterocycles. The first-order chi connectivity index (χ1) is 5.79. The number of nitrogens with two attached hydrogens (primary N) is 1. The maximum atomic E-state index is 6.55. The Balaban J connectivity index is 1.81. The molecule has 3 unspecified atom stereocenters. The van der Waals surface area contributed by atoms with E-state index in [1.807, 2.05) is 0 Å². The molecule has 2 bridgehead atoms. The van der Waals surface area contributed by atoms with Gasteiger partial charge in [0.15, 0.2) is 0 Å². The molecule has 1 nitrogen and oxygen atoms in total. The zero-order valence-electron chi connectivity index (χ0n) is 7.76. The van der Waals surface area contributed by atoms with Gasteiger partial charge in [0.2, 0.25) is 0 Å². The highest BCUT2D eigenvalue weighted by atomic mass is 14.8. The topological polar surface area (TPSA) is 26.0 Å². The lowest BCUT2D eigenvalue weighted by atomic mass is 9.64. The van der Waals surface area contributed by atoms with Gasteiger partial charge in [0, 0.05) is 5.54 Å². The molecule has 0 aromatic carbocycles. The van der Waals surface area contributed by atoms with Gasteiger partial charge in [-0.1, -0.05) is 12.8 Å². The van der Waals surface area contributed by atoms with Crippen LogP contribution in [-0.2, 0) is 0 Å². The molecule has 0 amide bonds. The molecule has 2 N–H and O–H groups in total. The van der Waals surface area contributed by atoms with Crippen LogP contribution in [0.1, 0.15) is 44.9 Å². The monoisotopic (exact) mass is 165 g/mol. The summed E-state index contributed by atoms with van der Waals surface area (Å²) in [5.41, 5.74) is 6.86. The van der Waals surface area contributed by atoms with Crippen LogP contribution in [0.15, 0.2) is 0 Å². The van der Waals surface area contributed by atoms with Gasteiger partial charge in [-0.15, -0.1) is 0 Å². The molecule has 0 heterocycles. The number of hydrogen-bond acceptors (Lipinski definition) is 1. The number of fused-ring (bicyclic) bond motifs is 2. The summed E-state index contributed by atoms with van der Waals surface area (Å²) in [5.74, 6) is 2.83. The summed E-state index contributed by atoms with van der Waals surface area (Å²) >= 11 is 0. The van der Waals surface area contributed by atoms with Crippen molar-refractivity contribution >= 4 is 0 Å². The SMILES string of the molecule is NC1(C2CCC2)CC2CCC1C2. The van der Waals surface area contributed by atoms with Gasteiger partial charge in [-0.25, -0.2) is 0 Å². The second-order valence-electron chi connectivity index (χ2n) is 5.32. The number of hydrogen-bond donors (Lipinski definition) is 1. The van der Waals surface area contributed by atoms with Crippen LogP contribution in [0.25, 0.3) is 0 Å². The Morgan fingerprint density at radius 2 is 1.83 bits per heavy atom. The van der Waals surface area contributed by atoms with Gasteiger partial charge in [-0.3, -0.25) is 0 Å². The molecule has 3 fully saturated rings. The molecule has 0 spiro atoms. The third-order valence-electron chi connectivity index (χ3n) is 4.81. The Hall–Kier alpha value is -0.0400. The van der Waals surface area contributed by atoms with Crippen LogP contribution in [0.5, 0.6) is 0 Å².